The van der Waals surface area contributed by atoms with Crippen LogP contribution in [0.15, 0.2) is 32.5 Å². The highest BCUT2D eigenvalue weighted by Crippen LogP contribution is 2.29. The molecule has 4 rings (SSSR count). The lowest BCUT2D eigenvalue weighted by Gasteiger charge is -2.21. The zero-order valence-electron chi connectivity index (χ0n) is 18.0. The van der Waals surface area contributed by atoms with Gasteiger partial charge in [-0.25, -0.2) is 4.98 Å². The first kappa shape index (κ1) is 21.5. The van der Waals surface area contributed by atoms with Gasteiger partial charge >= 0.3 is 0 Å². The van der Waals surface area contributed by atoms with Crippen LogP contribution in [0.3, 0.4) is 0 Å². The number of hydrogen-bond acceptors (Lipinski definition) is 5. The minimum absolute atomic E-state index is 0.00894. The van der Waals surface area contributed by atoms with E-state index in [-0.39, 0.29) is 11.3 Å². The second-order valence-electron chi connectivity index (χ2n) is 9.01. The van der Waals surface area contributed by atoms with Gasteiger partial charge in [-0.15, -0.1) is 11.3 Å². The number of hydrogen-bond donors (Lipinski definition) is 0. The van der Waals surface area contributed by atoms with Gasteiger partial charge in [-0.3, -0.25) is 9.69 Å². The van der Waals surface area contributed by atoms with Gasteiger partial charge in [0.25, 0.3) is 5.91 Å². The van der Waals surface area contributed by atoms with E-state index in [1.807, 2.05) is 30.0 Å². The van der Waals surface area contributed by atoms with E-state index < -0.39 is 0 Å². The fraction of sp³-hybridized carbons (Fsp3) is 0.478. The van der Waals surface area contributed by atoms with Gasteiger partial charge in [0.1, 0.15) is 5.58 Å². The molecule has 0 aliphatic carbocycles. The second-order valence-corrected chi connectivity index (χ2v) is 10.8. The monoisotopic (exact) mass is 489 g/mol. The predicted molar refractivity (Wildman–Crippen MR) is 125 cm³/mol. The SMILES string of the molecule is Cc1c(C(=O)N2CCCN(Cc3csc(C(C)(C)C)n3)CC2)oc2cc(Br)ccc12. The first-order chi connectivity index (χ1) is 14.2. The summed E-state index contributed by atoms with van der Waals surface area (Å²) in [7, 11) is 0. The minimum atomic E-state index is -0.00894. The number of nitrogens with zero attached hydrogens (tertiary/aromatic N) is 3. The van der Waals surface area contributed by atoms with E-state index in [0.717, 1.165) is 59.3 Å². The predicted octanol–water partition coefficient (Wildman–Crippen LogP) is 5.61. The van der Waals surface area contributed by atoms with Crippen molar-refractivity contribution < 1.29 is 9.21 Å². The van der Waals surface area contributed by atoms with Crippen LogP contribution >= 0.6 is 27.3 Å². The summed E-state index contributed by atoms with van der Waals surface area (Å²) < 4.78 is 6.90. The maximum absolute atomic E-state index is 13.2. The number of halogens is 1. The molecule has 1 saturated heterocycles. The number of thiazole rings is 1. The topological polar surface area (TPSA) is 49.6 Å². The Kier molecular flexibility index (Phi) is 6.06. The lowest BCUT2D eigenvalue weighted by atomic mass is 9.98. The highest BCUT2D eigenvalue weighted by Gasteiger charge is 2.26. The van der Waals surface area contributed by atoms with Gasteiger partial charge in [0.2, 0.25) is 0 Å². The molecule has 0 radical (unpaired) electrons. The van der Waals surface area contributed by atoms with Crippen LogP contribution in [0, 0.1) is 6.92 Å². The quantitative estimate of drug-likeness (QED) is 0.479. The Morgan fingerprint density at radius 1 is 1.23 bits per heavy atom. The summed E-state index contributed by atoms with van der Waals surface area (Å²) in [6.45, 7) is 12.7. The highest BCUT2D eigenvalue weighted by atomic mass is 79.9. The van der Waals surface area contributed by atoms with Crippen molar-refractivity contribution >= 4 is 44.1 Å². The molecule has 0 saturated carbocycles. The first-order valence-electron chi connectivity index (χ1n) is 10.4. The van der Waals surface area contributed by atoms with Crippen LogP contribution in [0.5, 0.6) is 0 Å². The maximum atomic E-state index is 13.2. The Morgan fingerprint density at radius 3 is 2.77 bits per heavy atom. The average molecular weight is 490 g/mol. The lowest BCUT2D eigenvalue weighted by Crippen LogP contribution is -2.35. The van der Waals surface area contributed by atoms with E-state index in [1.54, 1.807) is 11.3 Å². The lowest BCUT2D eigenvalue weighted by molar-refractivity contribution is 0.0730. The van der Waals surface area contributed by atoms with Crippen molar-refractivity contribution in [2.75, 3.05) is 26.2 Å². The normalized spacial score (nSPS) is 16.2. The molecule has 0 atom stereocenters. The number of rotatable bonds is 3. The molecule has 7 heteroatoms. The van der Waals surface area contributed by atoms with Crippen molar-refractivity contribution in [2.45, 2.75) is 46.1 Å². The van der Waals surface area contributed by atoms with Crippen LogP contribution in [0.25, 0.3) is 11.0 Å². The zero-order chi connectivity index (χ0) is 21.5. The van der Waals surface area contributed by atoms with Crippen molar-refractivity contribution in [3.05, 3.63) is 50.1 Å². The molecule has 1 fully saturated rings. The maximum Gasteiger partial charge on any atom is 0.289 e. The third-order valence-electron chi connectivity index (χ3n) is 5.55. The minimum Gasteiger partial charge on any atom is -0.451 e. The van der Waals surface area contributed by atoms with Crippen LogP contribution < -0.4 is 0 Å². The fourth-order valence-electron chi connectivity index (χ4n) is 3.83. The van der Waals surface area contributed by atoms with Gasteiger partial charge < -0.3 is 9.32 Å². The third-order valence-corrected chi connectivity index (χ3v) is 7.36. The molecule has 0 spiro atoms. The number of carbonyl (C=O) groups excluding carboxylic acids is 1. The Labute approximate surface area is 190 Å². The average Bonchev–Trinajstić information content (AvgIpc) is 3.20. The number of benzene rings is 1. The summed E-state index contributed by atoms with van der Waals surface area (Å²) in [4.78, 5) is 22.4. The molecule has 5 nitrogen and oxygen atoms in total. The summed E-state index contributed by atoms with van der Waals surface area (Å²) in [6, 6.07) is 5.90. The van der Waals surface area contributed by atoms with Gasteiger partial charge in [0, 0.05) is 58.9 Å². The molecule has 3 aromatic rings. The first-order valence-corrected chi connectivity index (χ1v) is 12.0. The molecule has 1 aromatic carbocycles. The van der Waals surface area contributed by atoms with E-state index in [0.29, 0.717) is 12.3 Å². The molecular formula is C23H28BrN3O2S. The number of carbonyl (C=O) groups is 1. The Hall–Kier alpha value is -1.70. The van der Waals surface area contributed by atoms with Crippen molar-refractivity contribution in [1.82, 2.24) is 14.8 Å². The largest absolute Gasteiger partial charge is 0.451 e. The van der Waals surface area contributed by atoms with Gasteiger partial charge in [-0.2, -0.15) is 0 Å². The fourth-order valence-corrected chi connectivity index (χ4v) is 5.07. The third kappa shape index (κ3) is 4.48. The van der Waals surface area contributed by atoms with Crippen LogP contribution in [0.1, 0.15) is 54.0 Å². The molecule has 30 heavy (non-hydrogen) atoms. The number of aromatic nitrogens is 1. The summed E-state index contributed by atoms with van der Waals surface area (Å²) in [6.07, 6.45) is 0.951. The molecule has 0 bridgehead atoms. The number of furan rings is 1. The second kappa shape index (κ2) is 8.44. The van der Waals surface area contributed by atoms with E-state index in [9.17, 15) is 4.79 Å². The van der Waals surface area contributed by atoms with E-state index in [4.69, 9.17) is 9.40 Å². The van der Waals surface area contributed by atoms with Gasteiger partial charge in [-0.05, 0) is 31.5 Å². The smallest absolute Gasteiger partial charge is 0.289 e. The van der Waals surface area contributed by atoms with Crippen molar-refractivity contribution in [1.29, 1.82) is 0 Å². The molecule has 0 unspecified atom stereocenters. The zero-order valence-corrected chi connectivity index (χ0v) is 20.4. The number of aryl methyl sites for hydroxylation is 1. The van der Waals surface area contributed by atoms with Crippen LogP contribution in [0.2, 0.25) is 0 Å². The molecule has 1 amide bonds. The molecular weight excluding hydrogens is 462 g/mol. The van der Waals surface area contributed by atoms with Crippen LogP contribution in [-0.2, 0) is 12.0 Å². The molecule has 0 N–H and O–H groups in total. The van der Waals surface area contributed by atoms with Crippen LogP contribution in [-0.4, -0.2) is 46.9 Å². The molecule has 3 heterocycles. The molecule has 1 aliphatic rings. The number of amides is 1. The van der Waals surface area contributed by atoms with Crippen LogP contribution in [0.4, 0.5) is 0 Å². The standard InChI is InChI=1S/C23H28BrN3O2S/c1-15-18-7-6-16(24)12-19(18)29-20(15)21(28)27-9-5-8-26(10-11-27)13-17-14-30-22(25-17)23(2,3)4/h6-7,12,14H,5,8-11,13H2,1-4H3. The highest BCUT2D eigenvalue weighted by molar-refractivity contribution is 9.10. The van der Waals surface area contributed by atoms with E-state index in [1.165, 1.54) is 5.01 Å². The Bertz CT molecular complexity index is 1070. The summed E-state index contributed by atoms with van der Waals surface area (Å²) >= 11 is 5.21. The van der Waals surface area contributed by atoms with E-state index in [2.05, 4.69) is 47.0 Å². The van der Waals surface area contributed by atoms with Gasteiger partial charge in [0.05, 0.1) is 10.7 Å². The van der Waals surface area contributed by atoms with Gasteiger partial charge in [0.15, 0.2) is 5.76 Å². The molecule has 160 valence electrons. The van der Waals surface area contributed by atoms with Crippen molar-refractivity contribution in [3.63, 3.8) is 0 Å². The summed E-state index contributed by atoms with van der Waals surface area (Å²) in [5, 5.41) is 4.34. The molecule has 1 aliphatic heterocycles. The van der Waals surface area contributed by atoms with E-state index >= 15 is 0 Å². The van der Waals surface area contributed by atoms with Crippen molar-refractivity contribution in [3.8, 4) is 0 Å². The molecule has 2 aromatic heterocycles. The van der Waals surface area contributed by atoms with Gasteiger partial charge in [-0.1, -0.05) is 36.7 Å². The number of fused-ring (bicyclic) bond motifs is 1. The summed E-state index contributed by atoms with van der Waals surface area (Å²) in [5.41, 5.74) is 2.88. The summed E-state index contributed by atoms with van der Waals surface area (Å²) in [5.74, 6) is 0.455. The van der Waals surface area contributed by atoms with Crippen molar-refractivity contribution in [2.24, 2.45) is 0 Å². The Morgan fingerprint density at radius 2 is 2.03 bits per heavy atom. The Balaban J connectivity index is 1.43.